The lowest BCUT2D eigenvalue weighted by Gasteiger charge is -2.13. The first-order valence-electron chi connectivity index (χ1n) is 6.27. The highest BCUT2D eigenvalue weighted by Crippen LogP contribution is 2.42. The molecule has 2 fully saturated rings. The highest BCUT2D eigenvalue weighted by molar-refractivity contribution is 8.13. The first kappa shape index (κ1) is 12.9. The average molecular weight is 298 g/mol. The summed E-state index contributed by atoms with van der Waals surface area (Å²) in [5.41, 5.74) is 0. The molecule has 1 aromatic rings. The highest BCUT2D eigenvalue weighted by atomic mass is 32.2. The number of anilines is 1. The molecule has 0 spiro atoms. The third-order valence-corrected chi connectivity index (χ3v) is 4.96. The molecule has 0 radical (unpaired) electrons. The van der Waals surface area contributed by atoms with Crippen LogP contribution >= 0.6 is 23.1 Å². The number of aromatic nitrogens is 2. The Kier molecular flexibility index (Phi) is 3.69. The fraction of sp³-hybridized carbons (Fsp3) is 0.636. The molecule has 2 heterocycles. The Labute approximate surface area is 119 Å². The van der Waals surface area contributed by atoms with E-state index in [4.69, 9.17) is 0 Å². The van der Waals surface area contributed by atoms with Gasteiger partial charge in [0.25, 0.3) is 5.24 Å². The molecule has 1 saturated carbocycles. The molecule has 19 heavy (non-hydrogen) atoms. The van der Waals surface area contributed by atoms with E-state index < -0.39 is 0 Å². The average Bonchev–Trinajstić information content (AvgIpc) is 3.01. The van der Waals surface area contributed by atoms with Crippen molar-refractivity contribution in [2.45, 2.75) is 25.2 Å². The summed E-state index contributed by atoms with van der Waals surface area (Å²) in [7, 11) is 0. The minimum Gasteiger partial charge on any atom is -0.332 e. The third kappa shape index (κ3) is 3.24. The third-order valence-electron chi connectivity index (χ3n) is 3.07. The number of carbonyl (C=O) groups is 2. The van der Waals surface area contributed by atoms with Gasteiger partial charge in [-0.2, -0.15) is 0 Å². The second-order valence-electron chi connectivity index (χ2n) is 4.62. The van der Waals surface area contributed by atoms with E-state index in [2.05, 4.69) is 15.5 Å². The Hall–Kier alpha value is -1.15. The summed E-state index contributed by atoms with van der Waals surface area (Å²) in [6, 6.07) is 0. The van der Waals surface area contributed by atoms with Crippen LogP contribution in [0.3, 0.4) is 0 Å². The number of amides is 2. The maximum atomic E-state index is 11.8. The van der Waals surface area contributed by atoms with Crippen molar-refractivity contribution < 1.29 is 9.59 Å². The molecule has 0 aromatic carbocycles. The number of carbonyl (C=O) groups excluding carboxylic acids is 2. The van der Waals surface area contributed by atoms with E-state index >= 15 is 0 Å². The van der Waals surface area contributed by atoms with Crippen LogP contribution in [0.4, 0.5) is 9.93 Å². The van der Waals surface area contributed by atoms with Crippen molar-refractivity contribution in [3.8, 4) is 0 Å². The van der Waals surface area contributed by atoms with Crippen molar-refractivity contribution >= 4 is 39.4 Å². The lowest BCUT2D eigenvalue weighted by Crippen LogP contribution is -2.27. The SMILES string of the molecule is O=C(CCN1CCSC1=O)Nc1nnc(C2CC2)s1. The number of thioether (sulfide) groups is 1. The van der Waals surface area contributed by atoms with Gasteiger partial charge in [0, 0.05) is 31.2 Å². The molecule has 0 atom stereocenters. The molecule has 102 valence electrons. The Morgan fingerprint density at radius 3 is 2.95 bits per heavy atom. The van der Waals surface area contributed by atoms with Crippen LogP contribution in [-0.2, 0) is 4.79 Å². The van der Waals surface area contributed by atoms with Crippen LogP contribution < -0.4 is 5.32 Å². The van der Waals surface area contributed by atoms with Gasteiger partial charge in [0.2, 0.25) is 11.0 Å². The normalized spacial score (nSPS) is 18.9. The minimum absolute atomic E-state index is 0.0692. The van der Waals surface area contributed by atoms with Crippen LogP contribution in [-0.4, -0.2) is 45.1 Å². The van der Waals surface area contributed by atoms with Crippen molar-refractivity contribution in [1.82, 2.24) is 15.1 Å². The van der Waals surface area contributed by atoms with E-state index in [1.807, 2.05) is 0 Å². The van der Waals surface area contributed by atoms with Crippen LogP contribution in [0.5, 0.6) is 0 Å². The smallest absolute Gasteiger partial charge is 0.281 e. The molecule has 0 unspecified atom stereocenters. The van der Waals surface area contributed by atoms with E-state index in [1.54, 1.807) is 4.90 Å². The van der Waals surface area contributed by atoms with Crippen molar-refractivity contribution in [2.24, 2.45) is 0 Å². The molecule has 1 N–H and O–H groups in total. The number of hydrogen-bond acceptors (Lipinski definition) is 6. The number of nitrogens with one attached hydrogen (secondary N) is 1. The van der Waals surface area contributed by atoms with Crippen LogP contribution in [0.2, 0.25) is 0 Å². The number of rotatable bonds is 5. The Morgan fingerprint density at radius 1 is 1.42 bits per heavy atom. The first-order chi connectivity index (χ1) is 9.22. The van der Waals surface area contributed by atoms with Crippen molar-refractivity contribution in [3.63, 3.8) is 0 Å². The maximum Gasteiger partial charge on any atom is 0.281 e. The number of nitrogens with zero attached hydrogens (tertiary/aromatic N) is 3. The quantitative estimate of drug-likeness (QED) is 0.898. The van der Waals surface area contributed by atoms with Gasteiger partial charge in [-0.25, -0.2) is 0 Å². The lowest BCUT2D eigenvalue weighted by molar-refractivity contribution is -0.116. The molecule has 8 heteroatoms. The molecule has 1 saturated heterocycles. The second kappa shape index (κ2) is 5.46. The molecule has 2 aliphatic rings. The molecule has 2 amide bonds. The van der Waals surface area contributed by atoms with Crippen molar-refractivity contribution in [1.29, 1.82) is 0 Å². The standard InChI is InChI=1S/C11H14N4O2S2/c16-8(3-4-15-5-6-18-11(15)17)12-10-14-13-9(19-10)7-1-2-7/h7H,1-6H2,(H,12,14,16). The predicted octanol–water partition coefficient (Wildman–Crippen LogP) is 1.91. The van der Waals surface area contributed by atoms with E-state index in [-0.39, 0.29) is 11.1 Å². The highest BCUT2D eigenvalue weighted by Gasteiger charge is 2.28. The van der Waals surface area contributed by atoms with Gasteiger partial charge in [0.15, 0.2) is 0 Å². The molecular formula is C11H14N4O2S2. The van der Waals surface area contributed by atoms with Crippen LogP contribution in [0.1, 0.15) is 30.2 Å². The molecule has 1 aliphatic heterocycles. The summed E-state index contributed by atoms with van der Waals surface area (Å²) in [6.45, 7) is 1.22. The summed E-state index contributed by atoms with van der Waals surface area (Å²) < 4.78 is 0. The molecule has 3 rings (SSSR count). The maximum absolute atomic E-state index is 11.8. The minimum atomic E-state index is -0.108. The topological polar surface area (TPSA) is 75.2 Å². The molecular weight excluding hydrogens is 284 g/mol. The zero-order valence-electron chi connectivity index (χ0n) is 10.3. The molecule has 1 aliphatic carbocycles. The van der Waals surface area contributed by atoms with Gasteiger partial charge >= 0.3 is 0 Å². The van der Waals surface area contributed by atoms with Gasteiger partial charge in [-0.15, -0.1) is 10.2 Å². The van der Waals surface area contributed by atoms with Crippen LogP contribution in [0.15, 0.2) is 0 Å². The number of hydrogen-bond donors (Lipinski definition) is 1. The summed E-state index contributed by atoms with van der Waals surface area (Å²) in [6.07, 6.45) is 2.67. The fourth-order valence-electron chi connectivity index (χ4n) is 1.83. The van der Waals surface area contributed by atoms with E-state index in [0.29, 0.717) is 24.0 Å². The largest absolute Gasteiger partial charge is 0.332 e. The van der Waals surface area contributed by atoms with Gasteiger partial charge in [0.05, 0.1) is 0 Å². The summed E-state index contributed by atoms with van der Waals surface area (Å²) >= 11 is 2.76. The van der Waals surface area contributed by atoms with Crippen LogP contribution in [0.25, 0.3) is 0 Å². The van der Waals surface area contributed by atoms with Gasteiger partial charge in [-0.3, -0.25) is 9.59 Å². The summed E-state index contributed by atoms with van der Waals surface area (Å²) in [5, 5.41) is 12.4. The van der Waals surface area contributed by atoms with E-state index in [1.165, 1.54) is 35.9 Å². The van der Waals surface area contributed by atoms with Gasteiger partial charge in [0.1, 0.15) is 5.01 Å². The van der Waals surface area contributed by atoms with Crippen molar-refractivity contribution in [3.05, 3.63) is 5.01 Å². The lowest BCUT2D eigenvalue weighted by atomic mass is 10.4. The van der Waals surface area contributed by atoms with E-state index in [9.17, 15) is 9.59 Å². The molecule has 0 bridgehead atoms. The second-order valence-corrected chi connectivity index (χ2v) is 6.67. The first-order valence-corrected chi connectivity index (χ1v) is 8.07. The fourth-order valence-corrected chi connectivity index (χ4v) is 3.61. The predicted molar refractivity (Wildman–Crippen MR) is 74.6 cm³/mol. The van der Waals surface area contributed by atoms with Gasteiger partial charge in [-0.1, -0.05) is 23.1 Å². The Balaban J connectivity index is 1.46. The van der Waals surface area contributed by atoms with E-state index in [0.717, 1.165) is 17.3 Å². The monoisotopic (exact) mass is 298 g/mol. The van der Waals surface area contributed by atoms with Crippen LogP contribution in [0, 0.1) is 0 Å². The Morgan fingerprint density at radius 2 is 2.26 bits per heavy atom. The van der Waals surface area contributed by atoms with Gasteiger partial charge in [-0.05, 0) is 12.8 Å². The zero-order chi connectivity index (χ0) is 13.2. The zero-order valence-corrected chi connectivity index (χ0v) is 11.9. The Bertz CT molecular complexity index is 501. The molecule has 6 nitrogen and oxygen atoms in total. The molecule has 1 aromatic heterocycles. The summed E-state index contributed by atoms with van der Waals surface area (Å²) in [4.78, 5) is 24.8. The summed E-state index contributed by atoms with van der Waals surface area (Å²) in [5.74, 6) is 1.27. The van der Waals surface area contributed by atoms with Crippen molar-refractivity contribution in [2.75, 3.05) is 24.2 Å². The van der Waals surface area contributed by atoms with Gasteiger partial charge < -0.3 is 10.2 Å².